The van der Waals surface area contributed by atoms with E-state index in [0.717, 1.165) is 12.8 Å². The highest BCUT2D eigenvalue weighted by molar-refractivity contribution is 7.89. The number of rotatable bonds is 6. The van der Waals surface area contributed by atoms with Crippen molar-refractivity contribution in [1.29, 1.82) is 0 Å². The molecule has 1 aliphatic rings. The Hall–Kier alpha value is -1.24. The molecule has 98 valence electrons. The normalized spacial score (nSPS) is 15.9. The van der Waals surface area contributed by atoms with Gasteiger partial charge in [-0.2, -0.15) is 4.31 Å². The van der Waals surface area contributed by atoms with E-state index < -0.39 is 10.0 Å². The van der Waals surface area contributed by atoms with Crippen LogP contribution in [0, 0.1) is 0 Å². The highest BCUT2D eigenvalue weighted by atomic mass is 32.2. The first-order valence-electron chi connectivity index (χ1n) is 5.78. The second-order valence-corrected chi connectivity index (χ2v) is 6.09. The minimum absolute atomic E-state index is 0.0217. The topological polar surface area (TPSA) is 70.5 Å². The first-order chi connectivity index (χ1) is 8.59. The molecule has 0 saturated heterocycles. The Morgan fingerprint density at radius 2 is 2.22 bits per heavy atom. The fraction of sp³-hybridized carbons (Fsp3) is 0.417. The standard InChI is InChI=1S/C12H16N2O3S/c1-2-7-14(11-4-5-11)18(16,17)12-6-3-10(9-15)8-13-12/h2-3,6,8,11,15H,1,4-5,7,9H2. The quantitative estimate of drug-likeness (QED) is 0.779. The van der Waals surface area contributed by atoms with Crippen molar-refractivity contribution < 1.29 is 13.5 Å². The van der Waals surface area contributed by atoms with Crippen molar-refractivity contribution in [2.45, 2.75) is 30.5 Å². The van der Waals surface area contributed by atoms with Crippen molar-refractivity contribution in [2.75, 3.05) is 6.54 Å². The Balaban J connectivity index is 2.29. The van der Waals surface area contributed by atoms with Crippen LogP contribution in [0.2, 0.25) is 0 Å². The molecule has 1 aromatic rings. The lowest BCUT2D eigenvalue weighted by molar-refractivity contribution is 0.281. The summed E-state index contributed by atoms with van der Waals surface area (Å²) in [6, 6.07) is 3.07. The van der Waals surface area contributed by atoms with Crippen LogP contribution in [0.5, 0.6) is 0 Å². The molecule has 18 heavy (non-hydrogen) atoms. The van der Waals surface area contributed by atoms with Gasteiger partial charge >= 0.3 is 0 Å². The van der Waals surface area contributed by atoms with Gasteiger partial charge in [0.1, 0.15) is 0 Å². The van der Waals surface area contributed by atoms with Gasteiger partial charge in [0.2, 0.25) is 0 Å². The molecule has 2 rings (SSSR count). The minimum Gasteiger partial charge on any atom is -0.392 e. The SMILES string of the molecule is C=CCN(C1CC1)S(=O)(=O)c1ccc(CO)cn1. The van der Waals surface area contributed by atoms with Crippen LogP contribution in [0.25, 0.3) is 0 Å². The van der Waals surface area contributed by atoms with E-state index in [2.05, 4.69) is 11.6 Å². The molecule has 1 fully saturated rings. The number of hydrogen-bond acceptors (Lipinski definition) is 4. The molecular weight excluding hydrogens is 252 g/mol. The highest BCUT2D eigenvalue weighted by Crippen LogP contribution is 2.31. The molecule has 1 aromatic heterocycles. The van der Waals surface area contributed by atoms with Gasteiger partial charge in [-0.15, -0.1) is 6.58 Å². The summed E-state index contributed by atoms with van der Waals surface area (Å²) in [7, 11) is -3.56. The molecule has 0 spiro atoms. The van der Waals surface area contributed by atoms with E-state index in [9.17, 15) is 8.42 Å². The predicted molar refractivity (Wildman–Crippen MR) is 67.3 cm³/mol. The predicted octanol–water partition coefficient (Wildman–Crippen LogP) is 0.913. The molecule has 1 saturated carbocycles. The summed E-state index contributed by atoms with van der Waals surface area (Å²) in [6.45, 7) is 3.74. The Morgan fingerprint density at radius 3 is 2.67 bits per heavy atom. The van der Waals surface area contributed by atoms with E-state index >= 15 is 0 Å². The Bertz CT molecular complexity index is 521. The van der Waals surface area contributed by atoms with E-state index in [-0.39, 0.29) is 17.7 Å². The van der Waals surface area contributed by atoms with Gasteiger partial charge in [-0.3, -0.25) is 0 Å². The molecule has 1 aliphatic carbocycles. The maximum Gasteiger partial charge on any atom is 0.261 e. The van der Waals surface area contributed by atoms with Gasteiger partial charge in [0, 0.05) is 18.8 Å². The van der Waals surface area contributed by atoms with E-state index in [1.54, 1.807) is 12.1 Å². The van der Waals surface area contributed by atoms with Crippen molar-refractivity contribution in [3.63, 3.8) is 0 Å². The molecule has 1 heterocycles. The fourth-order valence-corrected chi connectivity index (χ4v) is 3.28. The fourth-order valence-electron chi connectivity index (χ4n) is 1.71. The third-order valence-corrected chi connectivity index (χ3v) is 4.65. The van der Waals surface area contributed by atoms with Crippen LogP contribution in [-0.2, 0) is 16.6 Å². The first-order valence-corrected chi connectivity index (χ1v) is 7.22. The van der Waals surface area contributed by atoms with Gasteiger partial charge < -0.3 is 5.11 Å². The average Bonchev–Trinajstić information content (AvgIpc) is 3.20. The number of aliphatic hydroxyl groups is 1. The third-order valence-electron chi connectivity index (χ3n) is 2.82. The van der Waals surface area contributed by atoms with Crippen LogP contribution in [0.1, 0.15) is 18.4 Å². The van der Waals surface area contributed by atoms with Crippen LogP contribution in [-0.4, -0.2) is 35.4 Å². The molecule has 0 radical (unpaired) electrons. The van der Waals surface area contributed by atoms with Crippen molar-refractivity contribution in [3.8, 4) is 0 Å². The molecule has 6 heteroatoms. The molecule has 0 aromatic carbocycles. The van der Waals surface area contributed by atoms with Crippen LogP contribution < -0.4 is 0 Å². The van der Waals surface area contributed by atoms with E-state index in [4.69, 9.17) is 5.11 Å². The summed E-state index contributed by atoms with van der Waals surface area (Å²) in [5.74, 6) is 0. The molecule has 0 aliphatic heterocycles. The maximum atomic E-state index is 12.4. The second kappa shape index (κ2) is 5.17. The van der Waals surface area contributed by atoms with Gasteiger partial charge in [-0.1, -0.05) is 12.1 Å². The molecule has 5 nitrogen and oxygen atoms in total. The first kappa shape index (κ1) is 13.2. The van der Waals surface area contributed by atoms with Crippen molar-refractivity contribution in [2.24, 2.45) is 0 Å². The summed E-state index contributed by atoms with van der Waals surface area (Å²) in [5.41, 5.74) is 0.593. The molecule has 0 bridgehead atoms. The third kappa shape index (κ3) is 2.60. The van der Waals surface area contributed by atoms with Gasteiger partial charge in [0.15, 0.2) is 5.03 Å². The smallest absolute Gasteiger partial charge is 0.261 e. The lowest BCUT2D eigenvalue weighted by Gasteiger charge is -2.19. The van der Waals surface area contributed by atoms with Gasteiger partial charge in [0.05, 0.1) is 6.61 Å². The Labute approximate surface area is 107 Å². The van der Waals surface area contributed by atoms with Crippen molar-refractivity contribution >= 4 is 10.0 Å². The van der Waals surface area contributed by atoms with Gasteiger partial charge in [0.25, 0.3) is 10.0 Å². The van der Waals surface area contributed by atoms with E-state index in [1.807, 2.05) is 0 Å². The monoisotopic (exact) mass is 268 g/mol. The molecule has 0 unspecified atom stereocenters. The summed E-state index contributed by atoms with van der Waals surface area (Å²) in [4.78, 5) is 3.91. The zero-order valence-electron chi connectivity index (χ0n) is 9.99. The van der Waals surface area contributed by atoms with Crippen LogP contribution in [0.4, 0.5) is 0 Å². The lowest BCUT2D eigenvalue weighted by atomic mass is 10.3. The number of aromatic nitrogens is 1. The molecular formula is C12H16N2O3S. The summed E-state index contributed by atoms with van der Waals surface area (Å²) < 4.78 is 26.1. The lowest BCUT2D eigenvalue weighted by Crippen LogP contribution is -2.33. The highest BCUT2D eigenvalue weighted by Gasteiger charge is 2.37. The molecule has 0 amide bonds. The summed E-state index contributed by atoms with van der Waals surface area (Å²) in [6.07, 6.45) is 4.74. The number of pyridine rings is 1. The van der Waals surface area contributed by atoms with Crippen LogP contribution >= 0.6 is 0 Å². The number of hydrogen-bond donors (Lipinski definition) is 1. The van der Waals surface area contributed by atoms with Crippen molar-refractivity contribution in [3.05, 3.63) is 36.5 Å². The largest absolute Gasteiger partial charge is 0.392 e. The number of sulfonamides is 1. The zero-order chi connectivity index (χ0) is 13.2. The van der Waals surface area contributed by atoms with E-state index in [1.165, 1.54) is 16.6 Å². The number of nitrogens with zero attached hydrogens (tertiary/aromatic N) is 2. The van der Waals surface area contributed by atoms with Gasteiger partial charge in [-0.05, 0) is 24.5 Å². The zero-order valence-corrected chi connectivity index (χ0v) is 10.8. The molecule has 0 atom stereocenters. The van der Waals surface area contributed by atoms with Crippen LogP contribution in [0.3, 0.4) is 0 Å². The average molecular weight is 268 g/mol. The maximum absolute atomic E-state index is 12.4. The van der Waals surface area contributed by atoms with E-state index in [0.29, 0.717) is 12.1 Å². The van der Waals surface area contributed by atoms with Gasteiger partial charge in [-0.25, -0.2) is 13.4 Å². The Morgan fingerprint density at radius 1 is 1.50 bits per heavy atom. The second-order valence-electron chi connectivity index (χ2n) is 4.26. The Kier molecular flexibility index (Phi) is 3.79. The minimum atomic E-state index is -3.56. The molecule has 1 N–H and O–H groups in total. The summed E-state index contributed by atoms with van der Waals surface area (Å²) >= 11 is 0. The van der Waals surface area contributed by atoms with Crippen molar-refractivity contribution in [1.82, 2.24) is 9.29 Å². The van der Waals surface area contributed by atoms with Crippen LogP contribution in [0.15, 0.2) is 36.0 Å². The summed E-state index contributed by atoms with van der Waals surface area (Å²) in [5, 5.41) is 8.93. The number of aliphatic hydroxyl groups excluding tert-OH is 1.